The van der Waals surface area contributed by atoms with Crippen molar-refractivity contribution in [2.75, 3.05) is 0 Å². The van der Waals surface area contributed by atoms with Gasteiger partial charge in [-0.05, 0) is 12.1 Å². The van der Waals surface area contributed by atoms with Crippen molar-refractivity contribution in [2.24, 2.45) is 5.14 Å². The molecule has 0 aliphatic carbocycles. The van der Waals surface area contributed by atoms with Crippen molar-refractivity contribution in [2.45, 2.75) is 5.09 Å². The fourth-order valence-corrected chi connectivity index (χ4v) is 1.93. The van der Waals surface area contributed by atoms with Crippen LogP contribution in [0.5, 0.6) is 0 Å². The van der Waals surface area contributed by atoms with Gasteiger partial charge in [0.1, 0.15) is 0 Å². The number of sulfonamides is 1. The zero-order valence-electron chi connectivity index (χ0n) is 7.62. The van der Waals surface area contributed by atoms with Crippen molar-refractivity contribution in [3.63, 3.8) is 0 Å². The van der Waals surface area contributed by atoms with Crippen LogP contribution in [0.2, 0.25) is 0 Å². The Morgan fingerprint density at radius 2 is 2.13 bits per heavy atom. The number of furan rings is 1. The molecule has 0 fully saturated rings. The summed E-state index contributed by atoms with van der Waals surface area (Å²) >= 11 is 0. The van der Waals surface area contributed by atoms with Crippen LogP contribution < -0.4 is 5.14 Å². The lowest BCUT2D eigenvalue weighted by Crippen LogP contribution is -2.12. The highest BCUT2D eigenvalue weighted by atomic mass is 32.2. The predicted molar refractivity (Wildman–Crippen MR) is 53.3 cm³/mol. The van der Waals surface area contributed by atoms with Gasteiger partial charge in [-0.1, -0.05) is 6.07 Å². The summed E-state index contributed by atoms with van der Waals surface area (Å²) in [5.41, 5.74) is 1.07. The van der Waals surface area contributed by atoms with E-state index in [-0.39, 0.29) is 5.09 Å². The maximum atomic E-state index is 11.2. The number of primary sulfonamides is 1. The molecule has 2 aromatic heterocycles. The second-order valence-corrected chi connectivity index (χ2v) is 4.37. The Balaban J connectivity index is 2.61. The van der Waals surface area contributed by atoms with Gasteiger partial charge in [-0.25, -0.2) is 13.6 Å². The van der Waals surface area contributed by atoms with Crippen LogP contribution in [0.1, 0.15) is 0 Å². The number of nitrogens with two attached hydrogens (primary N) is 1. The van der Waals surface area contributed by atoms with Gasteiger partial charge in [-0.3, -0.25) is 4.98 Å². The first-order valence-electron chi connectivity index (χ1n) is 4.10. The maximum Gasteiger partial charge on any atom is 0.272 e. The van der Waals surface area contributed by atoms with E-state index in [4.69, 9.17) is 9.56 Å². The summed E-state index contributed by atoms with van der Waals surface area (Å²) in [6, 6.07) is 4.97. The van der Waals surface area contributed by atoms with Gasteiger partial charge in [-0.15, -0.1) is 0 Å². The second kappa shape index (κ2) is 3.48. The molecule has 0 amide bonds. The standard InChI is InChI=1S/C9H8N2O3S/c10-15(12,13)9-8(3-5-14-9)7-2-1-4-11-6-7/h1-6H,(H2,10,12,13). The molecule has 2 rings (SSSR count). The lowest BCUT2D eigenvalue weighted by atomic mass is 10.2. The first kappa shape index (κ1) is 9.88. The number of rotatable bonds is 2. The van der Waals surface area contributed by atoms with Crippen molar-refractivity contribution >= 4 is 10.0 Å². The van der Waals surface area contributed by atoms with Gasteiger partial charge < -0.3 is 4.42 Å². The highest BCUT2D eigenvalue weighted by Gasteiger charge is 2.18. The highest BCUT2D eigenvalue weighted by molar-refractivity contribution is 7.89. The first-order valence-corrected chi connectivity index (χ1v) is 5.64. The maximum absolute atomic E-state index is 11.2. The number of nitrogens with zero attached hydrogens (tertiary/aromatic N) is 1. The molecule has 2 N–H and O–H groups in total. The summed E-state index contributed by atoms with van der Waals surface area (Å²) in [7, 11) is -3.83. The SMILES string of the molecule is NS(=O)(=O)c1occc1-c1cccnc1. The van der Waals surface area contributed by atoms with Gasteiger partial charge in [0.2, 0.25) is 5.09 Å². The molecular formula is C9H8N2O3S. The number of pyridine rings is 1. The molecule has 0 aliphatic rings. The van der Waals surface area contributed by atoms with E-state index < -0.39 is 10.0 Å². The number of hydrogen-bond acceptors (Lipinski definition) is 4. The van der Waals surface area contributed by atoms with Crippen molar-refractivity contribution in [3.8, 4) is 11.1 Å². The highest BCUT2D eigenvalue weighted by Crippen LogP contribution is 2.26. The van der Waals surface area contributed by atoms with Crippen LogP contribution in [0, 0.1) is 0 Å². The summed E-state index contributed by atoms with van der Waals surface area (Å²) in [6.45, 7) is 0. The van der Waals surface area contributed by atoms with E-state index in [0.29, 0.717) is 11.1 Å². The van der Waals surface area contributed by atoms with Gasteiger partial charge in [-0.2, -0.15) is 0 Å². The summed E-state index contributed by atoms with van der Waals surface area (Å²) in [6.07, 6.45) is 4.42. The van der Waals surface area contributed by atoms with Crippen LogP contribution in [-0.2, 0) is 10.0 Å². The first-order chi connectivity index (χ1) is 7.09. The fourth-order valence-electron chi connectivity index (χ4n) is 1.25. The summed E-state index contributed by atoms with van der Waals surface area (Å²) < 4.78 is 27.1. The second-order valence-electron chi connectivity index (χ2n) is 2.91. The van der Waals surface area contributed by atoms with Crippen molar-refractivity contribution < 1.29 is 12.8 Å². The molecular weight excluding hydrogens is 216 g/mol. The largest absolute Gasteiger partial charge is 0.451 e. The fraction of sp³-hybridized carbons (Fsp3) is 0. The van der Waals surface area contributed by atoms with E-state index in [9.17, 15) is 8.42 Å². The molecule has 78 valence electrons. The molecule has 0 aliphatic heterocycles. The third kappa shape index (κ3) is 1.90. The molecule has 15 heavy (non-hydrogen) atoms. The summed E-state index contributed by atoms with van der Waals surface area (Å²) in [5.74, 6) is 0. The Kier molecular flexibility index (Phi) is 2.29. The van der Waals surface area contributed by atoms with Crippen LogP contribution in [0.25, 0.3) is 11.1 Å². The van der Waals surface area contributed by atoms with Gasteiger partial charge in [0.15, 0.2) is 0 Å². The zero-order valence-corrected chi connectivity index (χ0v) is 8.44. The minimum absolute atomic E-state index is 0.240. The smallest absolute Gasteiger partial charge is 0.272 e. The van der Waals surface area contributed by atoms with Crippen LogP contribution >= 0.6 is 0 Å². The van der Waals surface area contributed by atoms with E-state index in [2.05, 4.69) is 4.98 Å². The van der Waals surface area contributed by atoms with Crippen molar-refractivity contribution in [1.29, 1.82) is 0 Å². The molecule has 0 saturated carbocycles. The molecule has 2 aromatic rings. The van der Waals surface area contributed by atoms with Gasteiger partial charge in [0.25, 0.3) is 10.0 Å². The van der Waals surface area contributed by atoms with E-state index in [1.54, 1.807) is 24.5 Å². The summed E-state index contributed by atoms with van der Waals surface area (Å²) in [5, 5.41) is 4.76. The van der Waals surface area contributed by atoms with Crippen LogP contribution in [-0.4, -0.2) is 13.4 Å². The molecule has 0 radical (unpaired) electrons. The lowest BCUT2D eigenvalue weighted by Gasteiger charge is -1.99. The van der Waals surface area contributed by atoms with Gasteiger partial charge >= 0.3 is 0 Å². The normalized spacial score (nSPS) is 11.5. The van der Waals surface area contributed by atoms with Crippen molar-refractivity contribution in [3.05, 3.63) is 36.9 Å². The van der Waals surface area contributed by atoms with E-state index in [0.717, 1.165) is 0 Å². The molecule has 0 bridgehead atoms. The Hall–Kier alpha value is -1.66. The Bertz CT molecular complexity index is 560. The molecule has 0 saturated heterocycles. The van der Waals surface area contributed by atoms with Crippen LogP contribution in [0.3, 0.4) is 0 Å². The predicted octanol–water partition coefficient (Wildman–Crippen LogP) is 0.989. The molecule has 6 heteroatoms. The third-order valence-corrected chi connectivity index (χ3v) is 2.69. The molecule has 0 atom stereocenters. The van der Waals surface area contributed by atoms with Crippen LogP contribution in [0.4, 0.5) is 0 Å². The van der Waals surface area contributed by atoms with Gasteiger partial charge in [0.05, 0.1) is 6.26 Å². The summed E-state index contributed by atoms with van der Waals surface area (Å²) in [4.78, 5) is 3.89. The van der Waals surface area contributed by atoms with Crippen LogP contribution in [0.15, 0.2) is 46.4 Å². The van der Waals surface area contributed by atoms with Crippen molar-refractivity contribution in [1.82, 2.24) is 4.98 Å². The quantitative estimate of drug-likeness (QED) is 0.824. The average Bonchev–Trinajstić information content (AvgIpc) is 2.67. The molecule has 2 heterocycles. The zero-order chi connectivity index (χ0) is 10.9. The number of hydrogen-bond donors (Lipinski definition) is 1. The average molecular weight is 224 g/mol. The minimum Gasteiger partial charge on any atom is -0.451 e. The van der Waals surface area contributed by atoms with E-state index in [1.165, 1.54) is 12.3 Å². The minimum atomic E-state index is -3.83. The molecule has 5 nitrogen and oxygen atoms in total. The Morgan fingerprint density at radius 3 is 2.73 bits per heavy atom. The molecule has 0 unspecified atom stereocenters. The number of aromatic nitrogens is 1. The monoisotopic (exact) mass is 224 g/mol. The lowest BCUT2D eigenvalue weighted by molar-refractivity contribution is 0.452. The van der Waals surface area contributed by atoms with E-state index >= 15 is 0 Å². The molecule has 0 spiro atoms. The molecule has 0 aromatic carbocycles. The third-order valence-electron chi connectivity index (χ3n) is 1.86. The topological polar surface area (TPSA) is 86.2 Å². The Morgan fingerprint density at radius 1 is 1.33 bits per heavy atom. The van der Waals surface area contributed by atoms with E-state index in [1.807, 2.05) is 0 Å². The Labute approximate surface area is 86.6 Å². The van der Waals surface area contributed by atoms with Gasteiger partial charge in [0, 0.05) is 23.5 Å².